The second kappa shape index (κ2) is 5.72. The Labute approximate surface area is 110 Å². The molecule has 5 nitrogen and oxygen atoms in total. The molecule has 0 heterocycles. The Balaban J connectivity index is 2.54. The molecule has 2 aromatic rings. The summed E-state index contributed by atoms with van der Waals surface area (Å²) in [6.45, 7) is -0.0608. The van der Waals surface area contributed by atoms with Gasteiger partial charge < -0.3 is 19.6 Å². The molecule has 0 amide bonds. The predicted molar refractivity (Wildman–Crippen MR) is 72.3 cm³/mol. The van der Waals surface area contributed by atoms with E-state index in [0.29, 0.717) is 11.3 Å². The highest BCUT2D eigenvalue weighted by Gasteiger charge is 2.19. The van der Waals surface area contributed by atoms with Gasteiger partial charge in [0.05, 0.1) is 12.8 Å². The smallest absolute Gasteiger partial charge is 0.330 e. The first-order valence-electron chi connectivity index (χ1n) is 5.80. The molecule has 0 saturated carbocycles. The van der Waals surface area contributed by atoms with Crippen LogP contribution in [0.25, 0.3) is 10.8 Å². The predicted octanol–water partition coefficient (Wildman–Crippen LogP) is 1.89. The molecule has 0 fully saturated rings. The van der Waals surface area contributed by atoms with E-state index in [2.05, 4.69) is 0 Å². The van der Waals surface area contributed by atoms with Gasteiger partial charge in [-0.2, -0.15) is 0 Å². The van der Waals surface area contributed by atoms with Crippen LogP contribution >= 0.6 is 7.60 Å². The second-order valence-corrected chi connectivity index (χ2v) is 5.80. The molecule has 3 N–H and O–H groups in total. The van der Waals surface area contributed by atoms with E-state index in [1.807, 2.05) is 18.2 Å². The number of ether oxygens (including phenoxy) is 1. The van der Waals surface area contributed by atoms with Crippen molar-refractivity contribution in [2.45, 2.75) is 6.16 Å². The van der Waals surface area contributed by atoms with Crippen molar-refractivity contribution in [3.8, 4) is 5.75 Å². The highest BCUT2D eigenvalue weighted by atomic mass is 31.2. The van der Waals surface area contributed by atoms with E-state index in [1.165, 1.54) is 0 Å². The number of hydrogen-bond donors (Lipinski definition) is 3. The standard InChI is InChI=1S/C13H15O5P/c14-7-8-18-13-6-5-10-3-1-2-4-11(10)12(13)9-19(15,16)17/h1-6,14H,7-9H2,(H2,15,16,17). The summed E-state index contributed by atoms with van der Waals surface area (Å²) in [6.07, 6.45) is -0.380. The Bertz CT molecular complexity index is 619. The SMILES string of the molecule is O=P(O)(O)Cc1c(OCCO)ccc2ccccc12. The van der Waals surface area contributed by atoms with Crippen LogP contribution in [0.3, 0.4) is 0 Å². The first-order valence-corrected chi connectivity index (χ1v) is 7.60. The van der Waals surface area contributed by atoms with Crippen molar-refractivity contribution in [3.63, 3.8) is 0 Å². The first kappa shape index (κ1) is 14.0. The van der Waals surface area contributed by atoms with Crippen LogP contribution < -0.4 is 4.74 Å². The number of hydrogen-bond acceptors (Lipinski definition) is 3. The lowest BCUT2D eigenvalue weighted by atomic mass is 10.0. The third-order valence-electron chi connectivity index (χ3n) is 2.71. The van der Waals surface area contributed by atoms with Gasteiger partial charge in [0.15, 0.2) is 0 Å². The van der Waals surface area contributed by atoms with Gasteiger partial charge in [0.25, 0.3) is 0 Å². The van der Waals surface area contributed by atoms with Crippen LogP contribution in [0.4, 0.5) is 0 Å². The third kappa shape index (κ3) is 3.55. The van der Waals surface area contributed by atoms with Crippen LogP contribution in [0.2, 0.25) is 0 Å². The molecule has 0 aliphatic rings. The number of aliphatic hydroxyl groups excluding tert-OH is 1. The van der Waals surface area contributed by atoms with Crippen molar-refractivity contribution in [3.05, 3.63) is 42.0 Å². The van der Waals surface area contributed by atoms with E-state index >= 15 is 0 Å². The first-order chi connectivity index (χ1) is 9.01. The average Bonchev–Trinajstić information content (AvgIpc) is 2.36. The molecule has 0 aromatic heterocycles. The van der Waals surface area contributed by atoms with Gasteiger partial charge in [-0.1, -0.05) is 30.3 Å². The maximum Gasteiger partial charge on any atom is 0.330 e. The molecule has 0 radical (unpaired) electrons. The van der Waals surface area contributed by atoms with Gasteiger partial charge in [-0.3, -0.25) is 4.57 Å². The topological polar surface area (TPSA) is 87.0 Å². The van der Waals surface area contributed by atoms with E-state index in [1.54, 1.807) is 18.2 Å². The number of rotatable bonds is 5. The Morgan fingerprint density at radius 1 is 1.11 bits per heavy atom. The second-order valence-electron chi connectivity index (χ2n) is 4.16. The van der Waals surface area contributed by atoms with Gasteiger partial charge in [-0.25, -0.2) is 0 Å². The van der Waals surface area contributed by atoms with Crippen molar-refractivity contribution >= 4 is 18.4 Å². The summed E-state index contributed by atoms with van der Waals surface area (Å²) in [6, 6.07) is 10.8. The maximum atomic E-state index is 11.3. The summed E-state index contributed by atoms with van der Waals surface area (Å²) in [5.74, 6) is 0.399. The fraction of sp³-hybridized carbons (Fsp3) is 0.231. The lowest BCUT2D eigenvalue weighted by Gasteiger charge is -2.14. The minimum atomic E-state index is -4.19. The summed E-state index contributed by atoms with van der Waals surface area (Å²) in [5.41, 5.74) is 0.472. The lowest BCUT2D eigenvalue weighted by Crippen LogP contribution is -2.04. The van der Waals surface area contributed by atoms with E-state index in [0.717, 1.165) is 10.8 Å². The van der Waals surface area contributed by atoms with E-state index in [9.17, 15) is 14.4 Å². The summed E-state index contributed by atoms with van der Waals surface area (Å²) >= 11 is 0. The molecule has 0 atom stereocenters. The number of benzene rings is 2. The minimum Gasteiger partial charge on any atom is -0.491 e. The Hall–Kier alpha value is -1.39. The molecular weight excluding hydrogens is 267 g/mol. The van der Waals surface area contributed by atoms with Crippen molar-refractivity contribution in [2.75, 3.05) is 13.2 Å². The number of fused-ring (bicyclic) bond motifs is 1. The van der Waals surface area contributed by atoms with Crippen LogP contribution in [0, 0.1) is 0 Å². The highest BCUT2D eigenvalue weighted by molar-refractivity contribution is 7.50. The molecule has 102 valence electrons. The fourth-order valence-corrected chi connectivity index (χ4v) is 2.71. The normalized spacial score (nSPS) is 11.7. The largest absolute Gasteiger partial charge is 0.491 e. The zero-order chi connectivity index (χ0) is 13.9. The van der Waals surface area contributed by atoms with E-state index in [4.69, 9.17) is 9.84 Å². The van der Waals surface area contributed by atoms with Crippen molar-refractivity contribution in [1.29, 1.82) is 0 Å². The van der Waals surface area contributed by atoms with Gasteiger partial charge in [0.2, 0.25) is 0 Å². The van der Waals surface area contributed by atoms with Crippen molar-refractivity contribution < 1.29 is 24.2 Å². The quantitative estimate of drug-likeness (QED) is 0.729. The third-order valence-corrected chi connectivity index (χ3v) is 3.44. The molecule has 2 rings (SSSR count). The van der Waals surface area contributed by atoms with Crippen LogP contribution in [-0.2, 0) is 10.7 Å². The summed E-state index contributed by atoms with van der Waals surface area (Å²) in [7, 11) is -4.19. The van der Waals surface area contributed by atoms with Crippen LogP contribution in [0.15, 0.2) is 36.4 Å². The molecular formula is C13H15O5P. The monoisotopic (exact) mass is 282 g/mol. The van der Waals surface area contributed by atoms with Gasteiger partial charge in [-0.05, 0) is 16.8 Å². The molecule has 2 aromatic carbocycles. The Kier molecular flexibility index (Phi) is 4.22. The molecule has 0 saturated heterocycles. The Morgan fingerprint density at radius 3 is 2.53 bits per heavy atom. The molecule has 0 spiro atoms. The Morgan fingerprint density at radius 2 is 1.84 bits per heavy atom. The average molecular weight is 282 g/mol. The number of aliphatic hydroxyl groups is 1. The zero-order valence-electron chi connectivity index (χ0n) is 10.2. The van der Waals surface area contributed by atoms with Gasteiger partial charge in [0.1, 0.15) is 12.4 Å². The van der Waals surface area contributed by atoms with Crippen LogP contribution in [0.5, 0.6) is 5.75 Å². The van der Waals surface area contributed by atoms with Crippen LogP contribution in [0.1, 0.15) is 5.56 Å². The van der Waals surface area contributed by atoms with Crippen LogP contribution in [-0.4, -0.2) is 28.1 Å². The zero-order valence-corrected chi connectivity index (χ0v) is 11.1. The summed E-state index contributed by atoms with van der Waals surface area (Å²) in [4.78, 5) is 18.4. The van der Waals surface area contributed by atoms with Crippen molar-refractivity contribution in [1.82, 2.24) is 0 Å². The molecule has 6 heteroatoms. The van der Waals surface area contributed by atoms with E-state index < -0.39 is 7.60 Å². The molecule has 0 aliphatic heterocycles. The summed E-state index contributed by atoms with van der Waals surface area (Å²) in [5, 5.41) is 10.4. The minimum absolute atomic E-state index is 0.0898. The van der Waals surface area contributed by atoms with E-state index in [-0.39, 0.29) is 19.4 Å². The van der Waals surface area contributed by atoms with Crippen molar-refractivity contribution in [2.24, 2.45) is 0 Å². The molecule has 19 heavy (non-hydrogen) atoms. The maximum absolute atomic E-state index is 11.3. The lowest BCUT2D eigenvalue weighted by molar-refractivity contribution is 0.200. The van der Waals surface area contributed by atoms with Gasteiger partial charge >= 0.3 is 7.60 Å². The summed E-state index contributed by atoms with van der Waals surface area (Å²) < 4.78 is 16.6. The highest BCUT2D eigenvalue weighted by Crippen LogP contribution is 2.44. The van der Waals surface area contributed by atoms with Gasteiger partial charge in [-0.15, -0.1) is 0 Å². The molecule has 0 unspecified atom stereocenters. The molecule has 0 bridgehead atoms. The van der Waals surface area contributed by atoms with Gasteiger partial charge in [0, 0.05) is 5.56 Å². The molecule has 0 aliphatic carbocycles. The fourth-order valence-electron chi connectivity index (χ4n) is 1.98.